The number of nitrogens with one attached hydrogen (secondary N) is 1. The van der Waals surface area contributed by atoms with Gasteiger partial charge in [0.15, 0.2) is 0 Å². The van der Waals surface area contributed by atoms with Gasteiger partial charge < -0.3 is 10.2 Å². The average molecular weight is 416 g/mol. The van der Waals surface area contributed by atoms with Crippen molar-refractivity contribution >= 4 is 27.3 Å². The highest BCUT2D eigenvalue weighted by atomic mass is 32.2. The fourth-order valence-electron chi connectivity index (χ4n) is 3.61. The number of anilines is 2. The Morgan fingerprint density at radius 2 is 1.72 bits per heavy atom. The number of nitrogens with zero attached hydrogens (tertiary/aromatic N) is 2. The van der Waals surface area contributed by atoms with Crippen LogP contribution >= 0.6 is 0 Å². The molecule has 0 aromatic heterocycles. The van der Waals surface area contributed by atoms with Crippen LogP contribution in [-0.2, 0) is 14.8 Å². The largest absolute Gasteiger partial charge is 0.378 e. The van der Waals surface area contributed by atoms with E-state index < -0.39 is 10.0 Å². The zero-order chi connectivity index (χ0) is 21.0. The molecule has 1 heterocycles. The van der Waals surface area contributed by atoms with Crippen molar-refractivity contribution < 1.29 is 13.2 Å². The van der Waals surface area contributed by atoms with Gasteiger partial charge >= 0.3 is 0 Å². The Morgan fingerprint density at radius 1 is 1.07 bits per heavy atom. The normalized spacial score (nSPS) is 17.7. The van der Waals surface area contributed by atoms with Gasteiger partial charge in [0.25, 0.3) is 0 Å². The molecule has 6 nitrogen and oxygen atoms in total. The Kier molecular flexibility index (Phi) is 6.59. The lowest BCUT2D eigenvalue weighted by atomic mass is 10.0. The number of rotatable bonds is 6. The maximum Gasteiger partial charge on any atom is 0.243 e. The summed E-state index contributed by atoms with van der Waals surface area (Å²) >= 11 is 0. The van der Waals surface area contributed by atoms with Crippen molar-refractivity contribution in [3.8, 4) is 0 Å². The number of sulfonamides is 1. The Hall–Kier alpha value is -2.38. The first-order valence-corrected chi connectivity index (χ1v) is 11.4. The maximum atomic E-state index is 13.1. The number of benzene rings is 2. The molecule has 0 aliphatic carbocycles. The molecule has 2 aromatic carbocycles. The lowest BCUT2D eigenvalue weighted by Crippen LogP contribution is -2.45. The monoisotopic (exact) mass is 415 g/mol. The predicted molar refractivity (Wildman–Crippen MR) is 117 cm³/mol. The van der Waals surface area contributed by atoms with Crippen LogP contribution in [0.5, 0.6) is 0 Å². The number of amides is 1. The van der Waals surface area contributed by atoms with E-state index in [9.17, 15) is 13.2 Å². The summed E-state index contributed by atoms with van der Waals surface area (Å²) in [6.07, 6.45) is 2.59. The van der Waals surface area contributed by atoms with Crippen molar-refractivity contribution in [2.45, 2.75) is 43.5 Å². The van der Waals surface area contributed by atoms with E-state index in [1.165, 1.54) is 4.31 Å². The van der Waals surface area contributed by atoms with Gasteiger partial charge in [-0.05, 0) is 56.2 Å². The Morgan fingerprint density at radius 3 is 2.34 bits per heavy atom. The van der Waals surface area contributed by atoms with Crippen molar-refractivity contribution in [3.63, 3.8) is 0 Å². The molecule has 3 rings (SSSR count). The number of piperidine rings is 1. The van der Waals surface area contributed by atoms with Gasteiger partial charge in [0, 0.05) is 44.5 Å². The van der Waals surface area contributed by atoms with Crippen LogP contribution in [0.4, 0.5) is 11.4 Å². The molecule has 1 aliphatic heterocycles. The molecule has 1 atom stereocenters. The second-order valence-corrected chi connectivity index (χ2v) is 9.66. The quantitative estimate of drug-likeness (QED) is 0.782. The van der Waals surface area contributed by atoms with E-state index in [0.29, 0.717) is 18.7 Å². The first-order chi connectivity index (χ1) is 13.8. The Labute approximate surface area is 173 Å². The van der Waals surface area contributed by atoms with Crippen LogP contribution in [0.2, 0.25) is 0 Å². The average Bonchev–Trinajstić information content (AvgIpc) is 2.69. The molecule has 2 aromatic rings. The van der Waals surface area contributed by atoms with Crippen LogP contribution in [0.1, 0.15) is 31.2 Å². The number of aryl methyl sites for hydroxylation is 1. The van der Waals surface area contributed by atoms with E-state index in [4.69, 9.17) is 0 Å². The Balaban J connectivity index is 1.70. The van der Waals surface area contributed by atoms with Crippen molar-refractivity contribution in [2.24, 2.45) is 0 Å². The van der Waals surface area contributed by atoms with Crippen molar-refractivity contribution in [1.29, 1.82) is 0 Å². The van der Waals surface area contributed by atoms with Gasteiger partial charge in [-0.3, -0.25) is 4.79 Å². The third kappa shape index (κ3) is 5.16. The molecular formula is C22H29N3O3S. The third-order valence-electron chi connectivity index (χ3n) is 5.29. The van der Waals surface area contributed by atoms with Gasteiger partial charge in [-0.1, -0.05) is 24.1 Å². The third-order valence-corrected chi connectivity index (χ3v) is 7.26. The fourth-order valence-corrected chi connectivity index (χ4v) is 5.30. The van der Waals surface area contributed by atoms with Gasteiger partial charge in [0.2, 0.25) is 15.9 Å². The lowest BCUT2D eigenvalue weighted by molar-refractivity contribution is -0.117. The maximum absolute atomic E-state index is 13.1. The van der Waals surface area contributed by atoms with Crippen molar-refractivity contribution in [2.75, 3.05) is 30.9 Å². The van der Waals surface area contributed by atoms with Crippen LogP contribution in [-0.4, -0.2) is 45.3 Å². The Bertz CT molecular complexity index is 938. The first-order valence-electron chi connectivity index (χ1n) is 9.93. The number of carbonyl (C=O) groups is 1. The zero-order valence-corrected chi connectivity index (χ0v) is 18.1. The lowest BCUT2D eigenvalue weighted by Gasteiger charge is -2.34. The van der Waals surface area contributed by atoms with E-state index >= 15 is 0 Å². The van der Waals surface area contributed by atoms with E-state index in [1.807, 2.05) is 50.2 Å². The van der Waals surface area contributed by atoms with Gasteiger partial charge in [-0.2, -0.15) is 4.31 Å². The first kappa shape index (κ1) is 21.3. The molecule has 1 unspecified atom stereocenters. The van der Waals surface area contributed by atoms with E-state index in [2.05, 4.69) is 5.32 Å². The minimum atomic E-state index is -3.61. The molecular weight excluding hydrogens is 386 g/mol. The van der Waals surface area contributed by atoms with Gasteiger partial charge in [-0.25, -0.2) is 8.42 Å². The number of hydrogen-bond donors (Lipinski definition) is 1. The summed E-state index contributed by atoms with van der Waals surface area (Å²) in [4.78, 5) is 14.9. The molecule has 1 fully saturated rings. The summed E-state index contributed by atoms with van der Waals surface area (Å²) in [5.41, 5.74) is 2.77. The van der Waals surface area contributed by atoms with Crippen LogP contribution in [0.25, 0.3) is 0 Å². The van der Waals surface area contributed by atoms with Gasteiger partial charge in [0.05, 0.1) is 4.90 Å². The second-order valence-electron chi connectivity index (χ2n) is 7.77. The summed E-state index contributed by atoms with van der Waals surface area (Å²) in [7, 11) is 0.302. The molecule has 1 aliphatic rings. The van der Waals surface area contributed by atoms with Crippen LogP contribution in [0.15, 0.2) is 53.4 Å². The highest BCUT2D eigenvalue weighted by Gasteiger charge is 2.34. The molecule has 1 amide bonds. The van der Waals surface area contributed by atoms with Crippen molar-refractivity contribution in [1.82, 2.24) is 4.31 Å². The van der Waals surface area contributed by atoms with Crippen LogP contribution in [0.3, 0.4) is 0 Å². The molecule has 7 heteroatoms. The second kappa shape index (κ2) is 8.97. The molecule has 0 spiro atoms. The minimum absolute atomic E-state index is 0.153. The summed E-state index contributed by atoms with van der Waals surface area (Å²) in [6.45, 7) is 2.38. The SMILES string of the molecule is Cc1ccc(S(=O)(=O)N2CCCCC2CC(=O)Nc2ccc(N(C)C)cc2)cc1. The standard InChI is InChI=1S/C22H29N3O3S/c1-17-7-13-21(14-8-17)29(27,28)25-15-5-4-6-20(25)16-22(26)23-18-9-11-19(12-10-18)24(2)3/h7-14,20H,4-6,15-16H2,1-3H3,(H,23,26). The van der Waals surface area contributed by atoms with E-state index in [1.54, 1.807) is 24.3 Å². The zero-order valence-electron chi connectivity index (χ0n) is 17.3. The molecule has 156 valence electrons. The van der Waals surface area contributed by atoms with Gasteiger partial charge in [-0.15, -0.1) is 0 Å². The van der Waals surface area contributed by atoms with E-state index in [0.717, 1.165) is 24.1 Å². The molecule has 1 N–H and O–H groups in total. The van der Waals surface area contributed by atoms with Crippen molar-refractivity contribution in [3.05, 3.63) is 54.1 Å². The fraction of sp³-hybridized carbons (Fsp3) is 0.409. The smallest absolute Gasteiger partial charge is 0.243 e. The molecule has 1 saturated heterocycles. The number of hydrogen-bond acceptors (Lipinski definition) is 4. The summed E-state index contributed by atoms with van der Waals surface area (Å²) in [6, 6.07) is 14.1. The topological polar surface area (TPSA) is 69.7 Å². The highest BCUT2D eigenvalue weighted by molar-refractivity contribution is 7.89. The van der Waals surface area contributed by atoms with Crippen LogP contribution in [0, 0.1) is 6.92 Å². The minimum Gasteiger partial charge on any atom is -0.378 e. The molecule has 0 radical (unpaired) electrons. The number of carbonyl (C=O) groups excluding carboxylic acids is 1. The summed E-state index contributed by atoms with van der Waals surface area (Å²) < 4.78 is 27.8. The molecule has 0 saturated carbocycles. The summed E-state index contributed by atoms with van der Waals surface area (Å²) in [5.74, 6) is -0.168. The molecule has 0 bridgehead atoms. The van der Waals surface area contributed by atoms with Crippen LogP contribution < -0.4 is 10.2 Å². The highest BCUT2D eigenvalue weighted by Crippen LogP contribution is 2.27. The predicted octanol–water partition coefficient (Wildman–Crippen LogP) is 3.63. The summed E-state index contributed by atoms with van der Waals surface area (Å²) in [5, 5.41) is 2.90. The molecule has 29 heavy (non-hydrogen) atoms. The van der Waals surface area contributed by atoms with E-state index in [-0.39, 0.29) is 23.3 Å². The van der Waals surface area contributed by atoms with Gasteiger partial charge in [0.1, 0.15) is 0 Å².